The third-order valence-corrected chi connectivity index (χ3v) is 4.95. The van der Waals surface area contributed by atoms with Crippen molar-refractivity contribution < 1.29 is 9.53 Å². The van der Waals surface area contributed by atoms with Crippen LogP contribution in [0.15, 0.2) is 29.1 Å². The van der Waals surface area contributed by atoms with Crippen LogP contribution >= 0.6 is 0 Å². The van der Waals surface area contributed by atoms with Gasteiger partial charge in [-0.15, -0.1) is 0 Å². The zero-order chi connectivity index (χ0) is 17.4. The van der Waals surface area contributed by atoms with Gasteiger partial charge in [-0.2, -0.15) is 0 Å². The van der Waals surface area contributed by atoms with Gasteiger partial charge >= 0.3 is 0 Å². The molecular formula is C19H23N3O3. The average molecular weight is 341 g/mol. The first-order valence-corrected chi connectivity index (χ1v) is 9.03. The van der Waals surface area contributed by atoms with Crippen LogP contribution in [0.25, 0.3) is 10.9 Å². The molecule has 1 amide bonds. The highest BCUT2D eigenvalue weighted by Gasteiger charge is 2.29. The molecule has 4 rings (SSSR count). The normalized spacial score (nSPS) is 20.8. The Hall–Kier alpha value is -2.21. The Bertz CT molecular complexity index is 857. The average Bonchev–Trinajstić information content (AvgIpc) is 3.44. The highest BCUT2D eigenvalue weighted by molar-refractivity contribution is 5.78. The summed E-state index contributed by atoms with van der Waals surface area (Å²) in [5, 5.41) is 0.659. The van der Waals surface area contributed by atoms with E-state index in [-0.39, 0.29) is 23.6 Å². The van der Waals surface area contributed by atoms with Crippen LogP contribution in [0.4, 0.5) is 0 Å². The smallest absolute Gasteiger partial charge is 0.261 e. The zero-order valence-corrected chi connectivity index (χ0v) is 14.5. The molecular weight excluding hydrogens is 318 g/mol. The number of ether oxygens (including phenoxy) is 1. The van der Waals surface area contributed by atoms with Crippen molar-refractivity contribution in [3.8, 4) is 0 Å². The molecule has 2 aliphatic rings. The van der Waals surface area contributed by atoms with E-state index in [1.54, 1.807) is 0 Å². The minimum absolute atomic E-state index is 0.0237. The Morgan fingerprint density at radius 3 is 2.88 bits per heavy atom. The largest absolute Gasteiger partial charge is 0.375 e. The van der Waals surface area contributed by atoms with Crippen molar-refractivity contribution in [3.05, 3.63) is 40.4 Å². The second-order valence-corrected chi connectivity index (χ2v) is 6.97. The quantitative estimate of drug-likeness (QED) is 0.852. The van der Waals surface area contributed by atoms with Crippen LogP contribution in [0.5, 0.6) is 0 Å². The summed E-state index contributed by atoms with van der Waals surface area (Å²) in [5.74, 6) is 0.848. The van der Waals surface area contributed by atoms with E-state index >= 15 is 0 Å². The second kappa shape index (κ2) is 6.59. The van der Waals surface area contributed by atoms with Gasteiger partial charge in [-0.1, -0.05) is 12.1 Å². The summed E-state index contributed by atoms with van der Waals surface area (Å²) in [4.78, 5) is 31.9. The van der Waals surface area contributed by atoms with Gasteiger partial charge in [0.25, 0.3) is 5.56 Å². The van der Waals surface area contributed by atoms with Crippen molar-refractivity contribution in [1.82, 2.24) is 14.5 Å². The van der Waals surface area contributed by atoms with E-state index in [1.807, 2.05) is 40.7 Å². The maximum absolute atomic E-state index is 12.8. The lowest BCUT2D eigenvalue weighted by Gasteiger charge is -2.31. The van der Waals surface area contributed by atoms with Gasteiger partial charge in [0, 0.05) is 32.0 Å². The van der Waals surface area contributed by atoms with Crippen molar-refractivity contribution in [3.63, 3.8) is 0 Å². The van der Waals surface area contributed by atoms with Crippen LogP contribution in [-0.2, 0) is 16.0 Å². The second-order valence-electron chi connectivity index (χ2n) is 6.97. The standard InChI is InChI=1S/C19H23N3O3/c1-13-12-21(10-11-25-13)18(23)9-8-17-20-16-5-3-2-4-15(16)19(24)22(17)14-6-7-14/h2-5,13-14H,6-12H2,1H3/t13-/m0/s1. The van der Waals surface area contributed by atoms with Crippen LogP contribution in [0.2, 0.25) is 0 Å². The first-order chi connectivity index (χ1) is 12.1. The molecule has 0 bridgehead atoms. The summed E-state index contributed by atoms with van der Waals surface area (Å²) in [6.45, 7) is 3.85. The summed E-state index contributed by atoms with van der Waals surface area (Å²) in [7, 11) is 0. The summed E-state index contributed by atoms with van der Waals surface area (Å²) < 4.78 is 7.31. The van der Waals surface area contributed by atoms with Crippen LogP contribution < -0.4 is 5.56 Å². The van der Waals surface area contributed by atoms with Crippen LogP contribution in [0.1, 0.15) is 38.1 Å². The first-order valence-electron chi connectivity index (χ1n) is 9.03. The molecule has 0 spiro atoms. The van der Waals surface area contributed by atoms with E-state index in [1.165, 1.54) is 0 Å². The Morgan fingerprint density at radius 2 is 2.12 bits per heavy atom. The fraction of sp³-hybridized carbons (Fsp3) is 0.526. The van der Waals surface area contributed by atoms with E-state index in [2.05, 4.69) is 0 Å². The third-order valence-electron chi connectivity index (χ3n) is 4.95. The lowest BCUT2D eigenvalue weighted by molar-refractivity contribution is -0.138. The lowest BCUT2D eigenvalue weighted by Crippen LogP contribution is -2.44. The van der Waals surface area contributed by atoms with E-state index in [9.17, 15) is 9.59 Å². The number of amides is 1. The molecule has 0 unspecified atom stereocenters. The minimum Gasteiger partial charge on any atom is -0.375 e. The number of aryl methyl sites for hydroxylation is 1. The Labute approximate surface area is 146 Å². The van der Waals surface area contributed by atoms with Gasteiger partial charge in [-0.05, 0) is 31.9 Å². The molecule has 2 aromatic rings. The van der Waals surface area contributed by atoms with E-state index < -0.39 is 0 Å². The maximum Gasteiger partial charge on any atom is 0.261 e. The van der Waals surface area contributed by atoms with Crippen molar-refractivity contribution >= 4 is 16.8 Å². The van der Waals surface area contributed by atoms with Crippen molar-refractivity contribution in [2.75, 3.05) is 19.7 Å². The molecule has 1 saturated heterocycles. The van der Waals surface area contributed by atoms with Crippen molar-refractivity contribution in [2.45, 2.75) is 44.8 Å². The highest BCUT2D eigenvalue weighted by Crippen LogP contribution is 2.34. The Kier molecular flexibility index (Phi) is 4.29. The Balaban J connectivity index is 1.57. The monoisotopic (exact) mass is 341 g/mol. The zero-order valence-electron chi connectivity index (χ0n) is 14.5. The SMILES string of the molecule is C[C@H]1CN(C(=O)CCc2nc3ccccc3c(=O)n2C2CC2)CCO1. The van der Waals surface area contributed by atoms with Gasteiger partial charge < -0.3 is 9.64 Å². The maximum atomic E-state index is 12.8. The topological polar surface area (TPSA) is 64.4 Å². The summed E-state index contributed by atoms with van der Waals surface area (Å²) in [6, 6.07) is 7.69. The van der Waals surface area contributed by atoms with Gasteiger partial charge in [-0.25, -0.2) is 4.98 Å². The summed E-state index contributed by atoms with van der Waals surface area (Å²) >= 11 is 0. The predicted octanol–water partition coefficient (Wildman–Crippen LogP) is 1.91. The van der Waals surface area contributed by atoms with Crippen molar-refractivity contribution in [2.24, 2.45) is 0 Å². The number of morpholine rings is 1. The van der Waals surface area contributed by atoms with E-state index in [0.717, 1.165) is 18.7 Å². The molecule has 0 radical (unpaired) electrons. The molecule has 2 heterocycles. The highest BCUT2D eigenvalue weighted by atomic mass is 16.5. The lowest BCUT2D eigenvalue weighted by atomic mass is 10.2. The van der Waals surface area contributed by atoms with E-state index in [0.29, 0.717) is 43.4 Å². The minimum atomic E-state index is 0.0237. The van der Waals surface area contributed by atoms with Crippen LogP contribution in [0, 0.1) is 0 Å². The van der Waals surface area contributed by atoms with Gasteiger partial charge in [0.15, 0.2) is 0 Å². The molecule has 1 aliphatic carbocycles. The Morgan fingerprint density at radius 1 is 1.32 bits per heavy atom. The number of carbonyl (C=O) groups excluding carboxylic acids is 1. The number of aromatic nitrogens is 2. The van der Waals surface area contributed by atoms with Gasteiger partial charge in [0.1, 0.15) is 5.82 Å². The van der Waals surface area contributed by atoms with E-state index in [4.69, 9.17) is 9.72 Å². The number of rotatable bonds is 4. The fourth-order valence-corrected chi connectivity index (χ4v) is 3.50. The summed E-state index contributed by atoms with van der Waals surface area (Å²) in [6.07, 6.45) is 3.00. The number of carbonyl (C=O) groups is 1. The van der Waals surface area contributed by atoms with Gasteiger partial charge in [-0.3, -0.25) is 14.2 Å². The van der Waals surface area contributed by atoms with Gasteiger partial charge in [0.2, 0.25) is 5.91 Å². The molecule has 1 aliphatic heterocycles. The van der Waals surface area contributed by atoms with Crippen LogP contribution in [0.3, 0.4) is 0 Å². The summed E-state index contributed by atoms with van der Waals surface area (Å²) in [5.41, 5.74) is 0.738. The van der Waals surface area contributed by atoms with Crippen LogP contribution in [-0.4, -0.2) is 46.2 Å². The third kappa shape index (κ3) is 3.31. The first kappa shape index (κ1) is 16.3. The van der Waals surface area contributed by atoms with Crippen molar-refractivity contribution in [1.29, 1.82) is 0 Å². The number of benzene rings is 1. The molecule has 1 aromatic carbocycles. The molecule has 2 fully saturated rings. The number of para-hydroxylation sites is 1. The number of hydrogen-bond donors (Lipinski definition) is 0. The molecule has 1 aromatic heterocycles. The molecule has 6 nitrogen and oxygen atoms in total. The number of fused-ring (bicyclic) bond motifs is 1. The molecule has 1 saturated carbocycles. The molecule has 132 valence electrons. The number of hydrogen-bond acceptors (Lipinski definition) is 4. The fourth-order valence-electron chi connectivity index (χ4n) is 3.50. The molecule has 0 N–H and O–H groups in total. The molecule has 25 heavy (non-hydrogen) atoms. The number of nitrogens with zero attached hydrogens (tertiary/aromatic N) is 3. The predicted molar refractivity (Wildman–Crippen MR) is 94.6 cm³/mol. The van der Waals surface area contributed by atoms with Gasteiger partial charge in [0.05, 0.1) is 23.6 Å². The molecule has 1 atom stereocenters. The molecule has 6 heteroatoms.